The molecule has 1 amide bonds. The van der Waals surface area contributed by atoms with Crippen LogP contribution in [0.5, 0.6) is 0 Å². The van der Waals surface area contributed by atoms with Gasteiger partial charge in [-0.3, -0.25) is 19.7 Å². The standard InChI is InChI=1S/C19H23N5O3/c1-11-14(12(2)22-21-11)17(25)15-16(13-5-7-20-8-6-13)24(10-9-23(3)4)19(27)18(15)26/h5-8,16,25H,9-10H2,1-4H3,(H,21,22)/t16-/m1/s1. The van der Waals surface area contributed by atoms with Crippen LogP contribution in [-0.4, -0.2) is 69.0 Å². The molecule has 8 nitrogen and oxygen atoms in total. The summed E-state index contributed by atoms with van der Waals surface area (Å²) >= 11 is 0. The van der Waals surface area contributed by atoms with E-state index in [1.807, 2.05) is 19.0 Å². The number of likely N-dealkylation sites (tertiary alicyclic amines) is 1. The molecule has 1 aliphatic rings. The van der Waals surface area contributed by atoms with Crippen molar-refractivity contribution < 1.29 is 14.7 Å². The van der Waals surface area contributed by atoms with Crippen molar-refractivity contribution in [1.29, 1.82) is 0 Å². The zero-order valence-electron chi connectivity index (χ0n) is 15.9. The number of aryl methyl sites for hydroxylation is 2. The predicted octanol–water partition coefficient (Wildman–Crippen LogP) is 1.40. The van der Waals surface area contributed by atoms with Crippen molar-refractivity contribution >= 4 is 17.4 Å². The summed E-state index contributed by atoms with van der Waals surface area (Å²) in [6.45, 7) is 4.46. The highest BCUT2D eigenvalue weighted by Crippen LogP contribution is 2.39. The SMILES string of the molecule is Cc1n[nH]c(C)c1C(O)=C1C(=O)C(=O)N(CCN(C)C)[C@@H]1c1ccncc1. The second-order valence-corrected chi connectivity index (χ2v) is 6.89. The van der Waals surface area contributed by atoms with Gasteiger partial charge < -0.3 is 14.9 Å². The van der Waals surface area contributed by atoms with Crippen LogP contribution in [0, 0.1) is 13.8 Å². The van der Waals surface area contributed by atoms with E-state index >= 15 is 0 Å². The van der Waals surface area contributed by atoms with E-state index in [0.29, 0.717) is 30.0 Å². The Morgan fingerprint density at radius 3 is 2.48 bits per heavy atom. The van der Waals surface area contributed by atoms with Crippen molar-refractivity contribution in [2.75, 3.05) is 27.2 Å². The number of aliphatic hydroxyl groups excluding tert-OH is 1. The lowest BCUT2D eigenvalue weighted by atomic mass is 9.95. The molecule has 0 aliphatic carbocycles. The van der Waals surface area contributed by atoms with Gasteiger partial charge in [-0.2, -0.15) is 5.10 Å². The molecule has 2 N–H and O–H groups in total. The third-order valence-electron chi connectivity index (χ3n) is 4.71. The molecule has 0 unspecified atom stereocenters. The van der Waals surface area contributed by atoms with Crippen molar-refractivity contribution in [2.45, 2.75) is 19.9 Å². The van der Waals surface area contributed by atoms with E-state index in [1.165, 1.54) is 4.90 Å². The van der Waals surface area contributed by atoms with Gasteiger partial charge in [0, 0.05) is 31.2 Å². The molecule has 0 aromatic carbocycles. The number of aliphatic hydroxyl groups is 1. The highest BCUT2D eigenvalue weighted by atomic mass is 16.3. The van der Waals surface area contributed by atoms with Gasteiger partial charge >= 0.3 is 0 Å². The van der Waals surface area contributed by atoms with Crippen molar-refractivity contribution in [2.24, 2.45) is 0 Å². The van der Waals surface area contributed by atoms with Crippen LogP contribution in [0.4, 0.5) is 0 Å². The maximum atomic E-state index is 12.8. The number of nitrogens with one attached hydrogen (secondary N) is 1. The first-order valence-electron chi connectivity index (χ1n) is 8.68. The molecular formula is C19H23N5O3. The Kier molecular flexibility index (Phi) is 5.09. The summed E-state index contributed by atoms with van der Waals surface area (Å²) in [5, 5.41) is 17.9. The zero-order chi connectivity index (χ0) is 19.7. The third-order valence-corrected chi connectivity index (χ3v) is 4.71. The average molecular weight is 369 g/mol. The van der Waals surface area contributed by atoms with E-state index in [4.69, 9.17) is 0 Å². The Balaban J connectivity index is 2.17. The number of carbonyl (C=O) groups is 2. The average Bonchev–Trinajstić information content (AvgIpc) is 3.10. The number of likely N-dealkylation sites (N-methyl/N-ethyl adjacent to an activating group) is 1. The minimum Gasteiger partial charge on any atom is -0.507 e. The number of hydrogen-bond donors (Lipinski definition) is 2. The molecule has 2 aromatic rings. The van der Waals surface area contributed by atoms with Gasteiger partial charge in [0.15, 0.2) is 0 Å². The van der Waals surface area contributed by atoms with Crippen LogP contribution in [0.2, 0.25) is 0 Å². The summed E-state index contributed by atoms with van der Waals surface area (Å²) < 4.78 is 0. The van der Waals surface area contributed by atoms with E-state index < -0.39 is 17.7 Å². The maximum absolute atomic E-state index is 12.8. The number of Topliss-reactive ketones (excluding diaryl/α,β-unsaturated/α-hetero) is 1. The van der Waals surface area contributed by atoms with Gasteiger partial charge in [0.1, 0.15) is 5.76 Å². The van der Waals surface area contributed by atoms with Gasteiger partial charge in [0.2, 0.25) is 0 Å². The minimum absolute atomic E-state index is 0.0811. The lowest BCUT2D eigenvalue weighted by Crippen LogP contribution is -2.35. The highest BCUT2D eigenvalue weighted by Gasteiger charge is 2.46. The van der Waals surface area contributed by atoms with E-state index in [2.05, 4.69) is 15.2 Å². The van der Waals surface area contributed by atoms with E-state index in [-0.39, 0.29) is 11.3 Å². The molecule has 1 atom stereocenters. The van der Waals surface area contributed by atoms with Crippen LogP contribution >= 0.6 is 0 Å². The molecule has 2 aromatic heterocycles. The topological polar surface area (TPSA) is 102 Å². The van der Waals surface area contributed by atoms with Crippen LogP contribution in [0.1, 0.15) is 28.6 Å². The van der Waals surface area contributed by atoms with Crippen molar-refractivity contribution in [3.05, 3.63) is 52.6 Å². The van der Waals surface area contributed by atoms with E-state index in [0.717, 1.165) is 5.56 Å². The van der Waals surface area contributed by atoms with Gasteiger partial charge in [0.25, 0.3) is 11.7 Å². The van der Waals surface area contributed by atoms with Crippen molar-refractivity contribution in [3.63, 3.8) is 0 Å². The number of aromatic amines is 1. The molecule has 1 fully saturated rings. The first-order valence-corrected chi connectivity index (χ1v) is 8.68. The fraction of sp³-hybridized carbons (Fsp3) is 0.368. The fourth-order valence-corrected chi connectivity index (χ4v) is 3.35. The lowest BCUT2D eigenvalue weighted by molar-refractivity contribution is -0.140. The fourth-order valence-electron chi connectivity index (χ4n) is 3.35. The van der Waals surface area contributed by atoms with Crippen LogP contribution in [0.15, 0.2) is 30.1 Å². The lowest BCUT2D eigenvalue weighted by Gasteiger charge is -2.26. The number of amides is 1. The predicted molar refractivity (Wildman–Crippen MR) is 99.9 cm³/mol. The molecule has 0 spiro atoms. The summed E-state index contributed by atoms with van der Waals surface area (Å²) in [6, 6.07) is 2.84. The second-order valence-electron chi connectivity index (χ2n) is 6.89. The first-order chi connectivity index (χ1) is 12.8. The van der Waals surface area contributed by atoms with Gasteiger partial charge in [-0.05, 0) is 45.6 Å². The Hall–Kier alpha value is -3.00. The molecule has 3 heterocycles. The number of ketones is 1. The molecule has 27 heavy (non-hydrogen) atoms. The van der Waals surface area contributed by atoms with Crippen LogP contribution in [0.25, 0.3) is 5.76 Å². The summed E-state index contributed by atoms with van der Waals surface area (Å²) in [5.74, 6) is -1.50. The first kappa shape index (κ1) is 18.8. The largest absolute Gasteiger partial charge is 0.507 e. The number of rotatable bonds is 5. The number of hydrogen-bond acceptors (Lipinski definition) is 6. The Morgan fingerprint density at radius 1 is 1.26 bits per heavy atom. The van der Waals surface area contributed by atoms with Gasteiger partial charge in [-0.25, -0.2) is 0 Å². The van der Waals surface area contributed by atoms with Crippen molar-refractivity contribution in [1.82, 2.24) is 25.0 Å². The van der Waals surface area contributed by atoms with Crippen LogP contribution in [-0.2, 0) is 9.59 Å². The van der Waals surface area contributed by atoms with Gasteiger partial charge in [-0.1, -0.05) is 0 Å². The quantitative estimate of drug-likeness (QED) is 0.469. The minimum atomic E-state index is -0.687. The molecular weight excluding hydrogens is 346 g/mol. The summed E-state index contributed by atoms with van der Waals surface area (Å²) in [5.41, 5.74) is 2.47. The molecule has 3 rings (SSSR count). The Bertz CT molecular complexity index is 882. The molecule has 1 saturated heterocycles. The number of carbonyl (C=O) groups excluding carboxylic acids is 2. The Labute approximate surface area is 157 Å². The second kappa shape index (κ2) is 7.32. The molecule has 0 radical (unpaired) electrons. The number of aromatic nitrogens is 3. The summed E-state index contributed by atoms with van der Waals surface area (Å²) in [4.78, 5) is 33.0. The van der Waals surface area contributed by atoms with Crippen LogP contribution in [0.3, 0.4) is 0 Å². The monoisotopic (exact) mass is 369 g/mol. The number of H-pyrrole nitrogens is 1. The van der Waals surface area contributed by atoms with Crippen molar-refractivity contribution in [3.8, 4) is 0 Å². The van der Waals surface area contributed by atoms with Gasteiger partial charge in [0.05, 0.1) is 22.9 Å². The number of pyridine rings is 1. The highest BCUT2D eigenvalue weighted by molar-refractivity contribution is 6.46. The normalized spacial score (nSPS) is 19.3. The summed E-state index contributed by atoms with van der Waals surface area (Å²) in [6.07, 6.45) is 3.21. The molecule has 8 heteroatoms. The molecule has 0 bridgehead atoms. The zero-order valence-corrected chi connectivity index (χ0v) is 15.9. The number of nitrogens with zero attached hydrogens (tertiary/aromatic N) is 4. The van der Waals surface area contributed by atoms with E-state index in [9.17, 15) is 14.7 Å². The smallest absolute Gasteiger partial charge is 0.295 e. The third kappa shape index (κ3) is 3.35. The molecule has 0 saturated carbocycles. The Morgan fingerprint density at radius 2 is 1.93 bits per heavy atom. The molecule has 142 valence electrons. The molecule has 1 aliphatic heterocycles. The van der Waals surface area contributed by atoms with Crippen LogP contribution < -0.4 is 0 Å². The maximum Gasteiger partial charge on any atom is 0.295 e. The van der Waals surface area contributed by atoms with E-state index in [1.54, 1.807) is 38.4 Å². The van der Waals surface area contributed by atoms with Gasteiger partial charge in [-0.15, -0.1) is 0 Å². The summed E-state index contributed by atoms with van der Waals surface area (Å²) in [7, 11) is 3.80.